The Balaban J connectivity index is 1.66. The Labute approximate surface area is 192 Å². The molecule has 5 nitrogen and oxygen atoms in total. The summed E-state index contributed by atoms with van der Waals surface area (Å²) >= 11 is 1.40. The highest BCUT2D eigenvalue weighted by atomic mass is 32.2. The van der Waals surface area contributed by atoms with Gasteiger partial charge in [-0.05, 0) is 57.0 Å². The Morgan fingerprint density at radius 3 is 2.28 bits per heavy atom. The summed E-state index contributed by atoms with van der Waals surface area (Å²) in [5, 5.41) is 12.4. The van der Waals surface area contributed by atoms with E-state index in [2.05, 4.69) is 34.6 Å². The molecule has 1 unspecified atom stereocenters. The number of hydrogen-bond donors (Lipinski definition) is 1. The molecule has 6 heteroatoms. The molecule has 0 saturated carbocycles. The van der Waals surface area contributed by atoms with Crippen molar-refractivity contribution in [2.24, 2.45) is 0 Å². The molecule has 4 rings (SSSR count). The largest absolute Gasteiger partial charge is 0.325 e. The summed E-state index contributed by atoms with van der Waals surface area (Å²) in [5.74, 6) is 0.692. The Kier molecular flexibility index (Phi) is 6.42. The van der Waals surface area contributed by atoms with Gasteiger partial charge in [-0.3, -0.25) is 9.36 Å². The van der Waals surface area contributed by atoms with E-state index in [1.165, 1.54) is 11.8 Å². The van der Waals surface area contributed by atoms with Gasteiger partial charge in [0.05, 0.1) is 5.25 Å². The summed E-state index contributed by atoms with van der Waals surface area (Å²) in [6.07, 6.45) is 0. The maximum Gasteiger partial charge on any atom is 0.237 e. The quantitative estimate of drug-likeness (QED) is 0.373. The van der Waals surface area contributed by atoms with Gasteiger partial charge in [-0.1, -0.05) is 71.9 Å². The second kappa shape index (κ2) is 9.40. The van der Waals surface area contributed by atoms with Crippen LogP contribution >= 0.6 is 11.8 Å². The first-order chi connectivity index (χ1) is 15.4. The SMILES string of the molecule is Cc1cccc(-c2nnc(SC(C)C(=O)Nc3c(C)cccc3C)n2-c2ccccc2)c1. The molecule has 162 valence electrons. The summed E-state index contributed by atoms with van der Waals surface area (Å²) in [4.78, 5) is 13.0. The van der Waals surface area contributed by atoms with Crippen LogP contribution in [0.15, 0.2) is 78.0 Å². The topological polar surface area (TPSA) is 59.8 Å². The summed E-state index contributed by atoms with van der Waals surface area (Å²) in [7, 11) is 0. The van der Waals surface area contributed by atoms with Gasteiger partial charge in [-0.15, -0.1) is 10.2 Å². The number of anilines is 1. The number of nitrogens with one attached hydrogen (secondary N) is 1. The van der Waals surface area contributed by atoms with Gasteiger partial charge >= 0.3 is 0 Å². The number of carbonyl (C=O) groups is 1. The highest BCUT2D eigenvalue weighted by Crippen LogP contribution is 2.31. The molecule has 32 heavy (non-hydrogen) atoms. The molecule has 0 aliphatic rings. The molecule has 0 fully saturated rings. The lowest BCUT2D eigenvalue weighted by atomic mass is 10.1. The van der Waals surface area contributed by atoms with Crippen molar-refractivity contribution >= 4 is 23.4 Å². The standard InChI is InChI=1S/C26H26N4OS/c1-17-10-8-13-21(16-17)24-28-29-26(30(24)22-14-6-5-7-15-22)32-20(4)25(31)27-23-18(2)11-9-12-19(23)3/h5-16,20H,1-4H3,(H,27,31). The lowest BCUT2D eigenvalue weighted by Gasteiger charge is -2.16. The van der Waals surface area contributed by atoms with Gasteiger partial charge in [0.2, 0.25) is 5.91 Å². The van der Waals surface area contributed by atoms with Crippen molar-refractivity contribution in [3.8, 4) is 17.1 Å². The van der Waals surface area contributed by atoms with Crippen molar-refractivity contribution in [3.63, 3.8) is 0 Å². The Bertz CT molecular complexity index is 1230. The number of carbonyl (C=O) groups excluding carboxylic acids is 1. The van der Waals surface area contributed by atoms with Gasteiger partial charge < -0.3 is 5.32 Å². The molecule has 1 amide bonds. The summed E-state index contributed by atoms with van der Waals surface area (Å²) in [6, 6.07) is 24.2. The second-order valence-corrected chi connectivity index (χ2v) is 9.17. The fourth-order valence-electron chi connectivity index (χ4n) is 3.58. The lowest BCUT2D eigenvalue weighted by molar-refractivity contribution is -0.115. The van der Waals surface area contributed by atoms with Crippen molar-refractivity contribution in [1.29, 1.82) is 0 Å². The average molecular weight is 443 g/mol. The molecule has 0 saturated heterocycles. The van der Waals surface area contributed by atoms with Crippen LogP contribution in [-0.2, 0) is 4.79 Å². The maximum absolute atomic E-state index is 13.0. The fraction of sp³-hybridized carbons (Fsp3) is 0.192. The number of benzene rings is 3. The van der Waals surface area contributed by atoms with E-state index >= 15 is 0 Å². The number of nitrogens with zero attached hydrogens (tertiary/aromatic N) is 3. The number of amides is 1. The predicted octanol–water partition coefficient (Wildman–Crippen LogP) is 5.98. The molecule has 0 spiro atoms. The molecule has 1 aromatic heterocycles. The van der Waals surface area contributed by atoms with E-state index < -0.39 is 0 Å². The molecule has 1 heterocycles. The molecule has 3 aromatic carbocycles. The minimum atomic E-state index is -0.356. The van der Waals surface area contributed by atoms with E-state index in [-0.39, 0.29) is 11.2 Å². The summed E-state index contributed by atoms with van der Waals surface area (Å²) < 4.78 is 2.02. The first kappa shape index (κ1) is 21.8. The van der Waals surface area contributed by atoms with Gasteiger partial charge in [0, 0.05) is 16.9 Å². The van der Waals surface area contributed by atoms with E-state index in [0.717, 1.165) is 39.5 Å². The molecular weight excluding hydrogens is 416 g/mol. The zero-order chi connectivity index (χ0) is 22.7. The maximum atomic E-state index is 13.0. The minimum absolute atomic E-state index is 0.0629. The highest BCUT2D eigenvalue weighted by Gasteiger charge is 2.22. The van der Waals surface area contributed by atoms with Crippen molar-refractivity contribution in [1.82, 2.24) is 14.8 Å². The Morgan fingerprint density at radius 2 is 1.59 bits per heavy atom. The smallest absolute Gasteiger partial charge is 0.237 e. The fourth-order valence-corrected chi connectivity index (χ4v) is 4.44. The van der Waals surface area contributed by atoms with Crippen LogP contribution < -0.4 is 5.32 Å². The second-order valence-electron chi connectivity index (χ2n) is 7.86. The van der Waals surface area contributed by atoms with E-state index in [1.54, 1.807) is 0 Å². The molecule has 0 aliphatic heterocycles. The Hall–Kier alpha value is -3.38. The highest BCUT2D eigenvalue weighted by molar-refractivity contribution is 8.00. The van der Waals surface area contributed by atoms with Crippen LogP contribution in [0.2, 0.25) is 0 Å². The van der Waals surface area contributed by atoms with Crippen LogP contribution in [0.4, 0.5) is 5.69 Å². The van der Waals surface area contributed by atoms with Crippen LogP contribution in [0.3, 0.4) is 0 Å². The van der Waals surface area contributed by atoms with E-state index in [9.17, 15) is 4.79 Å². The number of aryl methyl sites for hydroxylation is 3. The first-order valence-electron chi connectivity index (χ1n) is 10.6. The van der Waals surface area contributed by atoms with Gasteiger partial charge in [0.15, 0.2) is 11.0 Å². The molecule has 4 aromatic rings. The lowest BCUT2D eigenvalue weighted by Crippen LogP contribution is -2.23. The van der Waals surface area contributed by atoms with Crippen molar-refractivity contribution in [2.45, 2.75) is 38.1 Å². The van der Waals surface area contributed by atoms with Crippen LogP contribution in [-0.4, -0.2) is 25.9 Å². The number of aromatic nitrogens is 3. The number of thioether (sulfide) groups is 1. The van der Waals surface area contributed by atoms with E-state index in [4.69, 9.17) is 0 Å². The van der Waals surface area contributed by atoms with E-state index in [1.807, 2.05) is 86.0 Å². The minimum Gasteiger partial charge on any atom is -0.325 e. The molecule has 0 radical (unpaired) electrons. The van der Waals surface area contributed by atoms with Crippen LogP contribution in [0.25, 0.3) is 17.1 Å². The van der Waals surface area contributed by atoms with Gasteiger partial charge in [0.25, 0.3) is 0 Å². The number of para-hydroxylation sites is 2. The van der Waals surface area contributed by atoms with Gasteiger partial charge in [-0.25, -0.2) is 0 Å². The predicted molar refractivity (Wildman–Crippen MR) is 131 cm³/mol. The number of hydrogen-bond acceptors (Lipinski definition) is 4. The van der Waals surface area contributed by atoms with Crippen molar-refractivity contribution in [2.75, 3.05) is 5.32 Å². The third kappa shape index (κ3) is 4.60. The first-order valence-corrected chi connectivity index (χ1v) is 11.4. The van der Waals surface area contributed by atoms with Gasteiger partial charge in [-0.2, -0.15) is 0 Å². The summed E-state index contributed by atoms with van der Waals surface area (Å²) in [5.41, 5.74) is 6.06. The molecule has 0 bridgehead atoms. The normalized spacial score (nSPS) is 11.9. The van der Waals surface area contributed by atoms with Crippen molar-refractivity contribution < 1.29 is 4.79 Å². The Morgan fingerprint density at radius 1 is 0.906 bits per heavy atom. The van der Waals surface area contributed by atoms with Gasteiger partial charge in [0.1, 0.15) is 0 Å². The van der Waals surface area contributed by atoms with Crippen molar-refractivity contribution in [3.05, 3.63) is 89.5 Å². The van der Waals surface area contributed by atoms with Crippen LogP contribution in [0.1, 0.15) is 23.6 Å². The molecular formula is C26H26N4OS. The monoisotopic (exact) mass is 442 g/mol. The number of rotatable bonds is 6. The molecule has 1 N–H and O–H groups in total. The molecule has 0 aliphatic carbocycles. The summed E-state index contributed by atoms with van der Waals surface area (Å²) in [6.45, 7) is 7.95. The third-order valence-electron chi connectivity index (χ3n) is 5.30. The zero-order valence-corrected chi connectivity index (χ0v) is 19.5. The van der Waals surface area contributed by atoms with Crippen LogP contribution in [0.5, 0.6) is 0 Å². The van der Waals surface area contributed by atoms with Crippen LogP contribution in [0, 0.1) is 20.8 Å². The molecule has 1 atom stereocenters. The average Bonchev–Trinajstić information content (AvgIpc) is 3.20. The zero-order valence-electron chi connectivity index (χ0n) is 18.7. The van der Waals surface area contributed by atoms with E-state index in [0.29, 0.717) is 5.16 Å². The third-order valence-corrected chi connectivity index (χ3v) is 6.35.